The molecule has 6 heteroatoms. The molecule has 146 valence electrons. The van der Waals surface area contributed by atoms with Crippen LogP contribution in [0.2, 0.25) is 0 Å². The van der Waals surface area contributed by atoms with E-state index in [1.165, 1.54) is 25.7 Å². The minimum absolute atomic E-state index is 0.0478. The van der Waals surface area contributed by atoms with E-state index in [2.05, 4.69) is 13.8 Å². The monoisotopic (exact) mass is 350 g/mol. The molecule has 0 aliphatic rings. The first-order valence-electron chi connectivity index (χ1n) is 9.30. The summed E-state index contributed by atoms with van der Waals surface area (Å²) in [7, 11) is 0. The molecular formula is C18H38O6. The zero-order chi connectivity index (χ0) is 17.7. The standard InChI is InChI=1S/C18H38O6/c1-3-4-5-6-18(2)17-24-16-15-23-14-13-22-12-11-21-10-9-20-8-7-19/h18-19H,3-17H2,1-2H3. The second-order valence-electron chi connectivity index (χ2n) is 5.85. The fourth-order valence-electron chi connectivity index (χ4n) is 2.05. The summed E-state index contributed by atoms with van der Waals surface area (Å²) in [6, 6.07) is 0. The first-order valence-corrected chi connectivity index (χ1v) is 9.30. The highest BCUT2D eigenvalue weighted by atomic mass is 16.6. The Hall–Kier alpha value is -0.240. The van der Waals surface area contributed by atoms with Gasteiger partial charge in [0.25, 0.3) is 0 Å². The summed E-state index contributed by atoms with van der Waals surface area (Å²) in [5, 5.41) is 8.52. The molecule has 0 aliphatic heterocycles. The van der Waals surface area contributed by atoms with Crippen LogP contribution in [0.15, 0.2) is 0 Å². The molecule has 24 heavy (non-hydrogen) atoms. The van der Waals surface area contributed by atoms with Crippen molar-refractivity contribution < 1.29 is 28.8 Å². The molecule has 0 bridgehead atoms. The average molecular weight is 350 g/mol. The van der Waals surface area contributed by atoms with Crippen LogP contribution in [0.4, 0.5) is 0 Å². The highest BCUT2D eigenvalue weighted by Gasteiger charge is 2.01. The Balaban J connectivity index is 3.05. The molecule has 0 heterocycles. The predicted molar refractivity (Wildman–Crippen MR) is 94.5 cm³/mol. The average Bonchev–Trinajstić information content (AvgIpc) is 2.58. The predicted octanol–water partition coefficient (Wildman–Crippen LogP) is 2.28. The highest BCUT2D eigenvalue weighted by Crippen LogP contribution is 2.09. The van der Waals surface area contributed by atoms with Crippen LogP contribution >= 0.6 is 0 Å². The van der Waals surface area contributed by atoms with Gasteiger partial charge in [-0.2, -0.15) is 0 Å². The molecule has 0 aliphatic carbocycles. The van der Waals surface area contributed by atoms with E-state index in [4.69, 9.17) is 28.8 Å². The van der Waals surface area contributed by atoms with E-state index in [-0.39, 0.29) is 6.61 Å². The highest BCUT2D eigenvalue weighted by molar-refractivity contribution is 4.51. The van der Waals surface area contributed by atoms with Crippen molar-refractivity contribution in [3.63, 3.8) is 0 Å². The minimum atomic E-state index is 0.0478. The lowest BCUT2D eigenvalue weighted by Gasteiger charge is -2.12. The van der Waals surface area contributed by atoms with Gasteiger partial charge in [-0.1, -0.05) is 33.1 Å². The van der Waals surface area contributed by atoms with Crippen LogP contribution < -0.4 is 0 Å². The van der Waals surface area contributed by atoms with Crippen molar-refractivity contribution in [2.24, 2.45) is 5.92 Å². The third-order valence-electron chi connectivity index (χ3n) is 3.43. The van der Waals surface area contributed by atoms with E-state index in [0.717, 1.165) is 6.61 Å². The normalized spacial score (nSPS) is 12.6. The number of ether oxygens (including phenoxy) is 5. The van der Waals surface area contributed by atoms with Crippen LogP contribution in [-0.2, 0) is 23.7 Å². The third kappa shape index (κ3) is 19.8. The summed E-state index contributed by atoms with van der Waals surface area (Å²) in [5.41, 5.74) is 0. The van der Waals surface area contributed by atoms with Gasteiger partial charge >= 0.3 is 0 Å². The van der Waals surface area contributed by atoms with Crippen molar-refractivity contribution in [1.82, 2.24) is 0 Å². The van der Waals surface area contributed by atoms with Gasteiger partial charge in [-0.05, 0) is 12.3 Å². The topological polar surface area (TPSA) is 66.4 Å². The molecule has 0 aromatic carbocycles. The van der Waals surface area contributed by atoms with Crippen molar-refractivity contribution in [1.29, 1.82) is 0 Å². The fraction of sp³-hybridized carbons (Fsp3) is 1.00. The van der Waals surface area contributed by atoms with Crippen LogP contribution in [0.3, 0.4) is 0 Å². The summed E-state index contributed by atoms with van der Waals surface area (Å²) >= 11 is 0. The maximum absolute atomic E-state index is 8.52. The Morgan fingerprint density at radius 3 is 1.58 bits per heavy atom. The number of unbranched alkanes of at least 4 members (excludes halogenated alkanes) is 2. The SMILES string of the molecule is CCCCCC(C)COCCOCCOCCOCCOCCO. The largest absolute Gasteiger partial charge is 0.394 e. The lowest BCUT2D eigenvalue weighted by atomic mass is 10.0. The molecule has 0 fully saturated rings. The van der Waals surface area contributed by atoms with Crippen LogP contribution in [0, 0.1) is 5.92 Å². The van der Waals surface area contributed by atoms with Gasteiger partial charge in [0.15, 0.2) is 0 Å². The first-order chi connectivity index (χ1) is 11.8. The molecule has 0 spiro atoms. The van der Waals surface area contributed by atoms with Gasteiger partial charge in [0.05, 0.1) is 66.1 Å². The summed E-state index contributed by atoms with van der Waals surface area (Å²) in [4.78, 5) is 0. The van der Waals surface area contributed by atoms with Gasteiger partial charge < -0.3 is 28.8 Å². The van der Waals surface area contributed by atoms with Crippen molar-refractivity contribution in [3.8, 4) is 0 Å². The third-order valence-corrected chi connectivity index (χ3v) is 3.43. The Kier molecular flexibility index (Phi) is 20.6. The van der Waals surface area contributed by atoms with Gasteiger partial charge in [0.2, 0.25) is 0 Å². The Labute approximate surface area is 147 Å². The first kappa shape index (κ1) is 23.8. The van der Waals surface area contributed by atoms with E-state index in [1.54, 1.807) is 0 Å². The zero-order valence-electron chi connectivity index (χ0n) is 15.7. The summed E-state index contributed by atoms with van der Waals surface area (Å²) in [5.74, 6) is 0.633. The van der Waals surface area contributed by atoms with Crippen molar-refractivity contribution in [3.05, 3.63) is 0 Å². The van der Waals surface area contributed by atoms with Gasteiger partial charge in [-0.3, -0.25) is 0 Å². The van der Waals surface area contributed by atoms with E-state index < -0.39 is 0 Å². The maximum Gasteiger partial charge on any atom is 0.0701 e. The molecule has 0 rings (SSSR count). The van der Waals surface area contributed by atoms with Crippen molar-refractivity contribution in [2.75, 3.05) is 72.7 Å². The molecular weight excluding hydrogens is 312 g/mol. The molecule has 1 unspecified atom stereocenters. The summed E-state index contributed by atoms with van der Waals surface area (Å²) in [6.45, 7) is 10.2. The minimum Gasteiger partial charge on any atom is -0.394 e. The van der Waals surface area contributed by atoms with E-state index >= 15 is 0 Å². The molecule has 0 saturated carbocycles. The maximum atomic E-state index is 8.52. The second kappa shape index (κ2) is 20.8. The number of rotatable bonds is 20. The molecule has 6 nitrogen and oxygen atoms in total. The molecule has 1 atom stereocenters. The van der Waals surface area contributed by atoms with E-state index in [1.807, 2.05) is 0 Å². The van der Waals surface area contributed by atoms with Crippen LogP contribution in [0.25, 0.3) is 0 Å². The second-order valence-corrected chi connectivity index (χ2v) is 5.85. The molecule has 0 radical (unpaired) electrons. The van der Waals surface area contributed by atoms with Gasteiger partial charge in [-0.15, -0.1) is 0 Å². The van der Waals surface area contributed by atoms with Gasteiger partial charge in [-0.25, -0.2) is 0 Å². The van der Waals surface area contributed by atoms with E-state index in [9.17, 15) is 0 Å². The zero-order valence-corrected chi connectivity index (χ0v) is 15.7. The molecule has 0 saturated heterocycles. The van der Waals surface area contributed by atoms with E-state index in [0.29, 0.717) is 65.4 Å². The number of aliphatic hydroxyl groups is 1. The van der Waals surface area contributed by atoms with Crippen LogP contribution in [0.1, 0.15) is 39.5 Å². The number of aliphatic hydroxyl groups excluding tert-OH is 1. The smallest absolute Gasteiger partial charge is 0.0701 e. The number of hydrogen-bond acceptors (Lipinski definition) is 6. The van der Waals surface area contributed by atoms with Crippen LogP contribution in [-0.4, -0.2) is 77.8 Å². The van der Waals surface area contributed by atoms with Gasteiger partial charge in [0.1, 0.15) is 0 Å². The quantitative estimate of drug-likeness (QED) is 0.340. The molecule has 0 aromatic rings. The summed E-state index contributed by atoms with van der Waals surface area (Å²) < 4.78 is 26.8. The molecule has 0 aromatic heterocycles. The fourth-order valence-corrected chi connectivity index (χ4v) is 2.05. The molecule has 1 N–H and O–H groups in total. The lowest BCUT2D eigenvalue weighted by molar-refractivity contribution is -0.0152. The lowest BCUT2D eigenvalue weighted by Crippen LogP contribution is -2.14. The Morgan fingerprint density at radius 1 is 0.667 bits per heavy atom. The van der Waals surface area contributed by atoms with Gasteiger partial charge in [0, 0.05) is 6.61 Å². The summed E-state index contributed by atoms with van der Waals surface area (Å²) in [6.07, 6.45) is 5.14. The Bertz CT molecular complexity index is 228. The molecule has 0 amide bonds. The Morgan fingerprint density at radius 2 is 1.12 bits per heavy atom. The van der Waals surface area contributed by atoms with Crippen molar-refractivity contribution >= 4 is 0 Å². The van der Waals surface area contributed by atoms with Crippen LogP contribution in [0.5, 0.6) is 0 Å². The van der Waals surface area contributed by atoms with Crippen molar-refractivity contribution in [2.45, 2.75) is 39.5 Å². The number of hydrogen-bond donors (Lipinski definition) is 1.